The van der Waals surface area contributed by atoms with Gasteiger partial charge < -0.3 is 19.9 Å². The van der Waals surface area contributed by atoms with E-state index >= 15 is 0 Å². The molecule has 33 heavy (non-hydrogen) atoms. The van der Waals surface area contributed by atoms with Gasteiger partial charge in [-0.25, -0.2) is 4.79 Å². The molecule has 1 aromatic heterocycles. The Morgan fingerprint density at radius 2 is 1.76 bits per heavy atom. The maximum atomic E-state index is 13.3. The molecule has 7 heteroatoms. The third kappa shape index (κ3) is 7.22. The van der Waals surface area contributed by atoms with Crippen molar-refractivity contribution in [2.75, 3.05) is 25.0 Å². The predicted molar refractivity (Wildman–Crippen MR) is 133 cm³/mol. The molecule has 0 aliphatic carbocycles. The van der Waals surface area contributed by atoms with E-state index in [1.165, 1.54) is 4.90 Å². The van der Waals surface area contributed by atoms with Crippen molar-refractivity contribution in [1.29, 1.82) is 0 Å². The minimum Gasteiger partial charge on any atom is -0.492 e. The summed E-state index contributed by atoms with van der Waals surface area (Å²) in [5.74, 6) is 0.448. The highest BCUT2D eigenvalue weighted by Gasteiger charge is 2.22. The van der Waals surface area contributed by atoms with Gasteiger partial charge in [-0.05, 0) is 36.1 Å². The molecule has 0 saturated carbocycles. The zero-order chi connectivity index (χ0) is 23.5. The third-order valence-corrected chi connectivity index (χ3v) is 5.75. The molecular formula is C26H29N3O3S. The van der Waals surface area contributed by atoms with Crippen molar-refractivity contribution in [3.63, 3.8) is 0 Å². The van der Waals surface area contributed by atoms with Gasteiger partial charge in [0.05, 0.1) is 18.8 Å². The number of ether oxygens (including phenoxy) is 1. The van der Waals surface area contributed by atoms with Crippen LogP contribution in [0.15, 0.2) is 84.8 Å². The maximum Gasteiger partial charge on any atom is 0.322 e. The quantitative estimate of drug-likeness (QED) is 0.388. The number of carbonyl (C=O) groups excluding carboxylic acids is 2. The lowest BCUT2D eigenvalue weighted by molar-refractivity contribution is -0.132. The minimum atomic E-state index is -0.383. The third-order valence-electron chi connectivity index (χ3n) is 4.89. The van der Waals surface area contributed by atoms with Gasteiger partial charge in [-0.2, -0.15) is 0 Å². The van der Waals surface area contributed by atoms with Gasteiger partial charge >= 0.3 is 6.03 Å². The van der Waals surface area contributed by atoms with Crippen molar-refractivity contribution in [1.82, 2.24) is 9.80 Å². The number of rotatable bonds is 11. The standard InChI is InChI=1S/C26H29N3O3S/c1-3-16-28(26(31)27-23-14-8-9-15-24(23)32-4-2)20-25(30)29(19-22-13-10-17-33-22)18-21-11-6-5-7-12-21/h3,5-15,17H,1,4,16,18-20H2,2H3,(H,27,31). The number of hydrogen-bond acceptors (Lipinski definition) is 4. The smallest absolute Gasteiger partial charge is 0.322 e. The normalized spacial score (nSPS) is 10.3. The molecule has 0 radical (unpaired) electrons. The molecule has 0 fully saturated rings. The van der Waals surface area contributed by atoms with Crippen LogP contribution in [0.3, 0.4) is 0 Å². The molecule has 1 N–H and O–H groups in total. The highest BCUT2D eigenvalue weighted by Crippen LogP contribution is 2.24. The number of anilines is 1. The first-order chi connectivity index (χ1) is 16.1. The SMILES string of the molecule is C=CCN(CC(=O)N(Cc1ccccc1)Cc1cccs1)C(=O)Nc1ccccc1OCC. The molecule has 2 aromatic carbocycles. The molecule has 3 amide bonds. The zero-order valence-corrected chi connectivity index (χ0v) is 19.6. The lowest BCUT2D eigenvalue weighted by atomic mass is 10.2. The topological polar surface area (TPSA) is 61.9 Å². The highest BCUT2D eigenvalue weighted by molar-refractivity contribution is 7.09. The number of nitrogens with one attached hydrogen (secondary N) is 1. The minimum absolute atomic E-state index is 0.0626. The number of nitrogens with zero attached hydrogens (tertiary/aromatic N) is 2. The van der Waals surface area contributed by atoms with E-state index in [-0.39, 0.29) is 25.0 Å². The second-order valence-corrected chi connectivity index (χ2v) is 8.38. The Morgan fingerprint density at radius 1 is 1.00 bits per heavy atom. The summed E-state index contributed by atoms with van der Waals surface area (Å²) in [6.45, 7) is 7.25. The number of urea groups is 1. The van der Waals surface area contributed by atoms with Crippen LogP contribution in [-0.2, 0) is 17.9 Å². The Bertz CT molecular complexity index is 1040. The van der Waals surface area contributed by atoms with Gasteiger partial charge in [-0.3, -0.25) is 4.79 Å². The fourth-order valence-electron chi connectivity index (χ4n) is 3.31. The summed E-state index contributed by atoms with van der Waals surface area (Å²) >= 11 is 1.61. The van der Waals surface area contributed by atoms with E-state index in [4.69, 9.17) is 4.74 Å². The van der Waals surface area contributed by atoms with Gasteiger partial charge in [0.2, 0.25) is 5.91 Å². The van der Waals surface area contributed by atoms with Crippen molar-refractivity contribution >= 4 is 29.0 Å². The average Bonchev–Trinajstić information content (AvgIpc) is 3.33. The Balaban J connectivity index is 1.74. The molecule has 0 atom stereocenters. The number of para-hydroxylation sites is 2. The number of hydrogen-bond donors (Lipinski definition) is 1. The van der Waals surface area contributed by atoms with E-state index in [0.29, 0.717) is 31.1 Å². The number of amides is 3. The van der Waals surface area contributed by atoms with Crippen LogP contribution in [0.4, 0.5) is 10.5 Å². The van der Waals surface area contributed by atoms with Crippen molar-refractivity contribution in [3.05, 3.63) is 95.2 Å². The molecule has 0 spiro atoms. The van der Waals surface area contributed by atoms with E-state index in [2.05, 4.69) is 11.9 Å². The fraction of sp³-hybridized carbons (Fsp3) is 0.231. The predicted octanol–water partition coefficient (Wildman–Crippen LogP) is 5.40. The van der Waals surface area contributed by atoms with E-state index in [0.717, 1.165) is 10.4 Å². The monoisotopic (exact) mass is 463 g/mol. The molecule has 6 nitrogen and oxygen atoms in total. The maximum absolute atomic E-state index is 13.3. The zero-order valence-electron chi connectivity index (χ0n) is 18.8. The van der Waals surface area contributed by atoms with Crippen molar-refractivity contribution in [2.45, 2.75) is 20.0 Å². The Labute approximate surface area is 199 Å². The van der Waals surface area contributed by atoms with Gasteiger partial charge in [-0.15, -0.1) is 17.9 Å². The molecule has 172 valence electrons. The van der Waals surface area contributed by atoms with Gasteiger partial charge in [0, 0.05) is 18.0 Å². The van der Waals surface area contributed by atoms with Crippen LogP contribution in [0.2, 0.25) is 0 Å². The molecule has 3 aromatic rings. The summed E-state index contributed by atoms with van der Waals surface area (Å²) in [5, 5.41) is 4.86. The van der Waals surface area contributed by atoms with E-state index in [1.807, 2.05) is 66.9 Å². The first-order valence-corrected chi connectivity index (χ1v) is 11.7. The lowest BCUT2D eigenvalue weighted by Gasteiger charge is -2.27. The number of thiophene rings is 1. The molecular weight excluding hydrogens is 434 g/mol. The Kier molecular flexibility index (Phi) is 9.08. The van der Waals surface area contributed by atoms with E-state index in [9.17, 15) is 9.59 Å². The molecule has 1 heterocycles. The Morgan fingerprint density at radius 3 is 2.45 bits per heavy atom. The first-order valence-electron chi connectivity index (χ1n) is 10.8. The van der Waals surface area contributed by atoms with Crippen LogP contribution in [0.5, 0.6) is 5.75 Å². The Hall–Kier alpha value is -3.58. The second kappa shape index (κ2) is 12.5. The molecule has 0 aliphatic heterocycles. The van der Waals surface area contributed by atoms with Crippen LogP contribution < -0.4 is 10.1 Å². The number of carbonyl (C=O) groups is 2. The highest BCUT2D eigenvalue weighted by atomic mass is 32.1. The van der Waals surface area contributed by atoms with Gasteiger partial charge in [-0.1, -0.05) is 54.6 Å². The summed E-state index contributed by atoms with van der Waals surface area (Å²) in [5.41, 5.74) is 1.60. The average molecular weight is 464 g/mol. The largest absolute Gasteiger partial charge is 0.492 e. The second-order valence-electron chi connectivity index (χ2n) is 7.34. The molecule has 0 unspecified atom stereocenters. The van der Waals surface area contributed by atoms with E-state index in [1.54, 1.807) is 34.4 Å². The van der Waals surface area contributed by atoms with Crippen LogP contribution in [0, 0.1) is 0 Å². The van der Waals surface area contributed by atoms with Crippen LogP contribution in [-0.4, -0.2) is 41.4 Å². The van der Waals surface area contributed by atoms with Crippen molar-refractivity contribution < 1.29 is 14.3 Å². The number of benzene rings is 2. The van der Waals surface area contributed by atoms with Gasteiger partial charge in [0.15, 0.2) is 0 Å². The molecule has 0 aliphatic rings. The summed E-state index contributed by atoms with van der Waals surface area (Å²) in [4.78, 5) is 30.7. The van der Waals surface area contributed by atoms with Crippen LogP contribution in [0.1, 0.15) is 17.4 Å². The molecule has 3 rings (SSSR count). The summed E-state index contributed by atoms with van der Waals surface area (Å²) in [7, 11) is 0. The van der Waals surface area contributed by atoms with Gasteiger partial charge in [0.1, 0.15) is 12.3 Å². The van der Waals surface area contributed by atoms with Gasteiger partial charge in [0.25, 0.3) is 0 Å². The van der Waals surface area contributed by atoms with E-state index < -0.39 is 0 Å². The van der Waals surface area contributed by atoms with Crippen molar-refractivity contribution in [3.8, 4) is 5.75 Å². The van der Waals surface area contributed by atoms with Crippen molar-refractivity contribution in [2.24, 2.45) is 0 Å². The lowest BCUT2D eigenvalue weighted by Crippen LogP contribution is -2.44. The summed E-state index contributed by atoms with van der Waals surface area (Å²) < 4.78 is 5.59. The van der Waals surface area contributed by atoms with Crippen LogP contribution >= 0.6 is 11.3 Å². The molecule has 0 saturated heterocycles. The van der Waals surface area contributed by atoms with Crippen LogP contribution in [0.25, 0.3) is 0 Å². The first kappa shape index (κ1) is 24.1. The molecule has 0 bridgehead atoms. The summed E-state index contributed by atoms with van der Waals surface area (Å²) in [6.07, 6.45) is 1.61. The summed E-state index contributed by atoms with van der Waals surface area (Å²) in [6, 6.07) is 20.7. The fourth-order valence-corrected chi connectivity index (χ4v) is 4.03.